The summed E-state index contributed by atoms with van der Waals surface area (Å²) in [5.74, 6) is 4.04. The Bertz CT molecular complexity index is 881. The van der Waals surface area contributed by atoms with Crippen LogP contribution in [0, 0.1) is 11.6 Å². The summed E-state index contributed by atoms with van der Waals surface area (Å²) in [6, 6.07) is 25.9. The van der Waals surface area contributed by atoms with Crippen molar-refractivity contribution in [3.63, 3.8) is 0 Å². The van der Waals surface area contributed by atoms with Gasteiger partial charge < -0.3 is 4.74 Å². The molecule has 0 heterocycles. The molecule has 0 aliphatic rings. The molecule has 0 aromatic heterocycles. The van der Waals surface area contributed by atoms with Crippen molar-refractivity contribution < 1.29 is 4.74 Å². The minimum absolute atomic E-state index is 0.771. The van der Waals surface area contributed by atoms with E-state index in [4.69, 9.17) is 16.5 Å². The van der Waals surface area contributed by atoms with Crippen molar-refractivity contribution in [2.24, 2.45) is 0 Å². The van der Waals surface area contributed by atoms with Gasteiger partial charge in [-0.1, -0.05) is 96.2 Å². The molecule has 1 nitrogen and oxygen atoms in total. The van der Waals surface area contributed by atoms with Crippen LogP contribution in [0.4, 0.5) is 0 Å². The Hall–Kier alpha value is -2.33. The minimum atomic E-state index is -2.20. The van der Waals surface area contributed by atoms with Gasteiger partial charge in [0.25, 0.3) is 0 Å². The van der Waals surface area contributed by atoms with Gasteiger partial charge in [0.05, 0.1) is 18.7 Å². The van der Waals surface area contributed by atoms with Crippen LogP contribution in [0.3, 0.4) is 0 Å². The molecule has 3 aromatic rings. The molecule has 0 bridgehead atoms. The van der Waals surface area contributed by atoms with E-state index in [0.717, 1.165) is 21.9 Å². The van der Waals surface area contributed by atoms with E-state index in [-0.39, 0.29) is 0 Å². The van der Waals surface area contributed by atoms with E-state index in [1.165, 1.54) is 0 Å². The Balaban J connectivity index is 2.15. The summed E-state index contributed by atoms with van der Waals surface area (Å²) in [7, 11) is 1.66. The van der Waals surface area contributed by atoms with Gasteiger partial charge in [-0.3, -0.25) is 0 Å². The maximum atomic E-state index is 6.11. The zero-order chi connectivity index (χ0) is 16.8. The van der Waals surface area contributed by atoms with Crippen LogP contribution in [0.2, 0.25) is 0 Å². The fourth-order valence-electron chi connectivity index (χ4n) is 2.44. The van der Waals surface area contributed by atoms with E-state index in [1.54, 1.807) is 7.11 Å². The summed E-state index contributed by atoms with van der Waals surface area (Å²) in [5, 5.41) is 2.21. The fraction of sp³-hybridized carbons (Fsp3) is 0.0476. The molecule has 0 aliphatic heterocycles. The number of methoxy groups -OCH3 is 1. The van der Waals surface area contributed by atoms with Crippen LogP contribution in [0.15, 0.2) is 84.9 Å². The van der Waals surface area contributed by atoms with Gasteiger partial charge >= 0.3 is 0 Å². The highest BCUT2D eigenvalue weighted by Crippen LogP contribution is 2.42. The highest BCUT2D eigenvalue weighted by molar-refractivity contribution is 8.24. The fourth-order valence-corrected chi connectivity index (χ4v) is 5.33. The molecular weight excluding hydrogens is 331 g/mol. The van der Waals surface area contributed by atoms with E-state index in [0.29, 0.717) is 0 Å². The molecule has 0 saturated carbocycles. The number of ether oxygens (including phenoxy) is 1. The van der Waals surface area contributed by atoms with Gasteiger partial charge in [0.15, 0.2) is 0 Å². The first-order valence-electron chi connectivity index (χ1n) is 7.61. The first-order valence-corrected chi connectivity index (χ1v) is 10.4. The van der Waals surface area contributed by atoms with E-state index in [9.17, 15) is 0 Å². The summed E-state index contributed by atoms with van der Waals surface area (Å²) >= 11 is 6.11. The van der Waals surface area contributed by atoms with Gasteiger partial charge in [-0.15, -0.1) is 0 Å². The van der Waals surface area contributed by atoms with E-state index >= 15 is 0 Å². The Kier molecular flexibility index (Phi) is 5.16. The van der Waals surface area contributed by atoms with Crippen LogP contribution < -0.4 is 15.3 Å². The summed E-state index contributed by atoms with van der Waals surface area (Å²) in [5.41, 5.74) is 4.28. The molecule has 0 fully saturated rings. The van der Waals surface area contributed by atoms with E-state index in [2.05, 4.69) is 35.8 Å². The van der Waals surface area contributed by atoms with Crippen LogP contribution in [0.25, 0.3) is 0 Å². The lowest BCUT2D eigenvalue weighted by molar-refractivity contribution is 0.413. The lowest BCUT2D eigenvalue weighted by Crippen LogP contribution is -2.14. The van der Waals surface area contributed by atoms with Crippen molar-refractivity contribution in [2.75, 3.05) is 7.11 Å². The molecule has 0 unspecified atom stereocenters. The van der Waals surface area contributed by atoms with E-state index < -0.39 is 6.04 Å². The molecule has 3 heteroatoms. The van der Waals surface area contributed by atoms with Crippen LogP contribution in [0.5, 0.6) is 5.75 Å². The van der Waals surface area contributed by atoms with Crippen LogP contribution in [-0.4, -0.2) is 7.11 Å². The van der Waals surface area contributed by atoms with Crippen LogP contribution in [-0.2, 0) is 11.8 Å². The molecule has 3 rings (SSSR count). The Morgan fingerprint density at radius 3 is 1.79 bits per heavy atom. The van der Waals surface area contributed by atoms with Crippen molar-refractivity contribution in [1.29, 1.82) is 0 Å². The minimum Gasteiger partial charge on any atom is -0.495 e. The highest BCUT2D eigenvalue weighted by Gasteiger charge is 2.19. The lowest BCUT2D eigenvalue weighted by atomic mass is 10.2. The maximum Gasteiger partial charge on any atom is 0.134 e. The number of hydrogen-bond donors (Lipinski definition) is 0. The first kappa shape index (κ1) is 16.5. The van der Waals surface area contributed by atoms with Crippen molar-refractivity contribution >= 4 is 28.5 Å². The normalized spacial score (nSPS) is 10.5. The zero-order valence-electron chi connectivity index (χ0n) is 13.3. The second-order valence-electron chi connectivity index (χ2n) is 5.22. The molecule has 0 saturated heterocycles. The highest BCUT2D eigenvalue weighted by atomic mass is 32.4. The largest absolute Gasteiger partial charge is 0.495 e. The third-order valence-electron chi connectivity index (χ3n) is 3.69. The summed E-state index contributed by atoms with van der Waals surface area (Å²) in [6.45, 7) is 0. The average Bonchev–Trinajstić information content (AvgIpc) is 2.67. The van der Waals surface area contributed by atoms with Crippen molar-refractivity contribution in [1.82, 2.24) is 0 Å². The standard InChI is InChI=1S/C21H17OPS/c1-22-21-15-9-8-10-18(21)16-17-23(24,19-11-4-2-5-12-19)20-13-6-3-7-14-20/h2-15H,1H3. The zero-order valence-corrected chi connectivity index (χ0v) is 15.1. The summed E-state index contributed by atoms with van der Waals surface area (Å²) in [6.07, 6.45) is 0. The molecule has 24 heavy (non-hydrogen) atoms. The summed E-state index contributed by atoms with van der Waals surface area (Å²) in [4.78, 5) is 0. The van der Waals surface area contributed by atoms with Gasteiger partial charge in [-0.05, 0) is 12.1 Å². The third kappa shape index (κ3) is 3.44. The SMILES string of the molecule is COc1ccccc1C#CP(=S)(c1ccccc1)c1ccccc1. The first-order chi connectivity index (χ1) is 11.7. The Morgan fingerprint density at radius 1 is 0.750 bits per heavy atom. The number of hydrogen-bond acceptors (Lipinski definition) is 2. The summed E-state index contributed by atoms with van der Waals surface area (Å²) < 4.78 is 5.40. The molecular formula is C21H17OPS. The second-order valence-corrected chi connectivity index (χ2v) is 9.34. The maximum absolute atomic E-state index is 6.11. The van der Waals surface area contributed by atoms with Gasteiger partial charge in [0.1, 0.15) is 5.75 Å². The average molecular weight is 348 g/mol. The van der Waals surface area contributed by atoms with Crippen LogP contribution in [0.1, 0.15) is 5.56 Å². The van der Waals surface area contributed by atoms with Crippen LogP contribution >= 0.6 is 6.04 Å². The van der Waals surface area contributed by atoms with Gasteiger partial charge in [0.2, 0.25) is 0 Å². The molecule has 0 radical (unpaired) electrons. The molecule has 0 amide bonds. The smallest absolute Gasteiger partial charge is 0.134 e. The predicted octanol–water partition coefficient (Wildman–Crippen LogP) is 4.13. The van der Waals surface area contributed by atoms with Crippen molar-refractivity contribution in [3.05, 3.63) is 90.5 Å². The Labute approximate surface area is 148 Å². The monoisotopic (exact) mass is 348 g/mol. The lowest BCUT2D eigenvalue weighted by Gasteiger charge is -2.16. The molecule has 118 valence electrons. The van der Waals surface area contributed by atoms with Gasteiger partial charge in [0, 0.05) is 10.6 Å². The molecule has 3 aromatic carbocycles. The number of rotatable bonds is 3. The molecule has 0 N–H and O–H groups in total. The molecule has 0 aliphatic carbocycles. The number of benzene rings is 3. The topological polar surface area (TPSA) is 9.23 Å². The van der Waals surface area contributed by atoms with E-state index in [1.807, 2.05) is 60.7 Å². The quantitative estimate of drug-likeness (QED) is 0.520. The molecule has 0 spiro atoms. The predicted molar refractivity (Wildman–Crippen MR) is 106 cm³/mol. The number of para-hydroxylation sites is 1. The van der Waals surface area contributed by atoms with Crippen molar-refractivity contribution in [3.8, 4) is 17.3 Å². The second kappa shape index (κ2) is 7.49. The Morgan fingerprint density at radius 2 is 1.25 bits per heavy atom. The third-order valence-corrected chi connectivity index (χ3v) is 7.71. The van der Waals surface area contributed by atoms with Gasteiger partial charge in [-0.2, -0.15) is 0 Å². The van der Waals surface area contributed by atoms with Crippen molar-refractivity contribution in [2.45, 2.75) is 0 Å². The molecule has 0 atom stereocenters. The van der Waals surface area contributed by atoms with Gasteiger partial charge in [-0.25, -0.2) is 0 Å².